The molecule has 0 aromatic carbocycles. The van der Waals surface area contributed by atoms with Crippen LogP contribution in [0.1, 0.15) is 6.42 Å². The zero-order valence-electron chi connectivity index (χ0n) is 6.51. The molecule has 0 aliphatic carbocycles. The van der Waals surface area contributed by atoms with E-state index in [1.165, 1.54) is 14.2 Å². The predicted octanol–water partition coefficient (Wildman–Crippen LogP) is -0.259. The molecule has 1 amide bonds. The molecule has 0 heterocycles. The van der Waals surface area contributed by atoms with E-state index in [2.05, 4.69) is 5.32 Å². The molecule has 10 heavy (non-hydrogen) atoms. The Labute approximate surface area is 60.5 Å². The second-order valence-corrected chi connectivity index (χ2v) is 1.78. The Balaban J connectivity index is 3.52. The van der Waals surface area contributed by atoms with E-state index < -0.39 is 6.29 Å². The molecule has 0 atom stereocenters. The molecule has 0 spiro atoms. The van der Waals surface area contributed by atoms with E-state index in [-0.39, 0.29) is 12.3 Å². The van der Waals surface area contributed by atoms with Gasteiger partial charge in [0.15, 0.2) is 6.29 Å². The highest BCUT2D eigenvalue weighted by Crippen LogP contribution is 1.95. The first-order valence-electron chi connectivity index (χ1n) is 3.00. The Morgan fingerprint density at radius 2 is 2.00 bits per heavy atom. The van der Waals surface area contributed by atoms with Crippen molar-refractivity contribution < 1.29 is 14.3 Å². The SMILES string of the molecule is CNC(=O)CC(OC)OC. The first kappa shape index (κ1) is 9.39. The van der Waals surface area contributed by atoms with E-state index in [4.69, 9.17) is 9.47 Å². The molecule has 0 fully saturated rings. The van der Waals surface area contributed by atoms with Crippen LogP contribution in [-0.2, 0) is 14.3 Å². The van der Waals surface area contributed by atoms with Crippen LogP contribution in [0.2, 0.25) is 0 Å². The first-order valence-corrected chi connectivity index (χ1v) is 3.00. The molecule has 4 heteroatoms. The lowest BCUT2D eigenvalue weighted by molar-refractivity contribution is -0.138. The van der Waals surface area contributed by atoms with Gasteiger partial charge in [-0.15, -0.1) is 0 Å². The van der Waals surface area contributed by atoms with Crippen LogP contribution in [-0.4, -0.2) is 33.5 Å². The van der Waals surface area contributed by atoms with Crippen LogP contribution < -0.4 is 5.32 Å². The molecule has 0 unspecified atom stereocenters. The summed E-state index contributed by atoms with van der Waals surface area (Å²) in [5.41, 5.74) is 0. The van der Waals surface area contributed by atoms with Gasteiger partial charge in [-0.05, 0) is 0 Å². The molecule has 0 saturated carbocycles. The number of rotatable bonds is 4. The lowest BCUT2D eigenvalue weighted by Crippen LogP contribution is -2.25. The standard InChI is InChI=1S/C6H13NO3/c1-7-5(8)4-6(9-2)10-3/h6H,4H2,1-3H3,(H,7,8). The average molecular weight is 147 g/mol. The van der Waals surface area contributed by atoms with Crippen molar-refractivity contribution in [2.45, 2.75) is 12.7 Å². The number of ether oxygens (including phenoxy) is 2. The summed E-state index contributed by atoms with van der Waals surface area (Å²) < 4.78 is 9.58. The minimum Gasteiger partial charge on any atom is -0.359 e. The summed E-state index contributed by atoms with van der Waals surface area (Å²) in [7, 11) is 4.57. The Morgan fingerprint density at radius 1 is 1.50 bits per heavy atom. The molecular formula is C6H13NO3. The Kier molecular flexibility index (Phi) is 4.88. The predicted molar refractivity (Wildman–Crippen MR) is 36.5 cm³/mol. The third-order valence-electron chi connectivity index (χ3n) is 1.16. The molecule has 0 aromatic heterocycles. The van der Waals surface area contributed by atoms with Gasteiger partial charge in [0, 0.05) is 21.3 Å². The summed E-state index contributed by atoms with van der Waals surface area (Å²) >= 11 is 0. The molecule has 0 bridgehead atoms. The van der Waals surface area contributed by atoms with Crippen molar-refractivity contribution in [3.8, 4) is 0 Å². The zero-order chi connectivity index (χ0) is 7.98. The number of hydrogen-bond donors (Lipinski definition) is 1. The molecule has 0 aromatic rings. The lowest BCUT2D eigenvalue weighted by Gasteiger charge is -2.11. The minimum absolute atomic E-state index is 0.0892. The van der Waals surface area contributed by atoms with Crippen molar-refractivity contribution in [3.05, 3.63) is 0 Å². The molecule has 0 aliphatic heterocycles. The van der Waals surface area contributed by atoms with Crippen molar-refractivity contribution in [2.75, 3.05) is 21.3 Å². The summed E-state index contributed by atoms with van der Waals surface area (Å²) in [6.45, 7) is 0. The fourth-order valence-electron chi connectivity index (χ4n) is 0.516. The van der Waals surface area contributed by atoms with E-state index in [0.717, 1.165) is 0 Å². The first-order chi connectivity index (χ1) is 4.74. The molecule has 0 aliphatic rings. The van der Waals surface area contributed by atoms with E-state index >= 15 is 0 Å². The van der Waals surface area contributed by atoms with Crippen LogP contribution in [0.3, 0.4) is 0 Å². The smallest absolute Gasteiger partial charge is 0.224 e. The number of methoxy groups -OCH3 is 2. The van der Waals surface area contributed by atoms with Gasteiger partial charge in [0.25, 0.3) is 0 Å². The quantitative estimate of drug-likeness (QED) is 0.557. The van der Waals surface area contributed by atoms with Crippen LogP contribution in [0.4, 0.5) is 0 Å². The van der Waals surface area contributed by atoms with Gasteiger partial charge in [-0.2, -0.15) is 0 Å². The van der Waals surface area contributed by atoms with Crippen LogP contribution >= 0.6 is 0 Å². The van der Waals surface area contributed by atoms with Crippen LogP contribution in [0.15, 0.2) is 0 Å². The van der Waals surface area contributed by atoms with Gasteiger partial charge >= 0.3 is 0 Å². The van der Waals surface area contributed by atoms with Crippen molar-refractivity contribution >= 4 is 5.91 Å². The molecular weight excluding hydrogens is 134 g/mol. The topological polar surface area (TPSA) is 47.6 Å². The average Bonchev–Trinajstić information content (AvgIpc) is 1.99. The maximum Gasteiger partial charge on any atom is 0.224 e. The number of carbonyl (C=O) groups is 1. The third-order valence-corrected chi connectivity index (χ3v) is 1.16. The summed E-state index contributed by atoms with van der Waals surface area (Å²) in [6, 6.07) is 0. The highest BCUT2D eigenvalue weighted by Gasteiger charge is 2.09. The fourth-order valence-corrected chi connectivity index (χ4v) is 0.516. The van der Waals surface area contributed by atoms with Crippen LogP contribution in [0.25, 0.3) is 0 Å². The van der Waals surface area contributed by atoms with Gasteiger partial charge in [0.2, 0.25) is 5.91 Å². The summed E-state index contributed by atoms with van der Waals surface area (Å²) in [5.74, 6) is -0.0892. The van der Waals surface area contributed by atoms with E-state index in [1.54, 1.807) is 7.05 Å². The molecule has 4 nitrogen and oxygen atoms in total. The maximum absolute atomic E-state index is 10.7. The maximum atomic E-state index is 10.7. The Hall–Kier alpha value is -0.610. The summed E-state index contributed by atoms with van der Waals surface area (Å²) in [5, 5.41) is 2.47. The van der Waals surface area contributed by atoms with E-state index in [1.807, 2.05) is 0 Å². The van der Waals surface area contributed by atoms with E-state index in [9.17, 15) is 4.79 Å². The number of nitrogens with one attached hydrogen (secondary N) is 1. The van der Waals surface area contributed by atoms with Crippen molar-refractivity contribution in [2.24, 2.45) is 0 Å². The van der Waals surface area contributed by atoms with Gasteiger partial charge in [-0.1, -0.05) is 0 Å². The third kappa shape index (κ3) is 3.42. The van der Waals surface area contributed by atoms with Crippen LogP contribution in [0.5, 0.6) is 0 Å². The van der Waals surface area contributed by atoms with Gasteiger partial charge in [0.1, 0.15) is 0 Å². The number of hydrogen-bond acceptors (Lipinski definition) is 3. The Morgan fingerprint density at radius 3 is 2.30 bits per heavy atom. The summed E-state index contributed by atoms with van der Waals surface area (Å²) in [4.78, 5) is 10.7. The van der Waals surface area contributed by atoms with Gasteiger partial charge in [-0.25, -0.2) is 0 Å². The second-order valence-electron chi connectivity index (χ2n) is 1.78. The van der Waals surface area contributed by atoms with Gasteiger partial charge in [-0.3, -0.25) is 4.79 Å². The Bertz CT molecular complexity index is 101. The largest absolute Gasteiger partial charge is 0.359 e. The lowest BCUT2D eigenvalue weighted by atomic mass is 10.4. The minimum atomic E-state index is -0.431. The monoisotopic (exact) mass is 147 g/mol. The number of carbonyl (C=O) groups excluding carboxylic acids is 1. The fraction of sp³-hybridized carbons (Fsp3) is 0.833. The second kappa shape index (κ2) is 5.20. The van der Waals surface area contributed by atoms with Crippen molar-refractivity contribution in [1.82, 2.24) is 5.32 Å². The summed E-state index contributed by atoms with van der Waals surface area (Å²) in [6.07, 6.45) is -0.191. The highest BCUT2D eigenvalue weighted by molar-refractivity contribution is 5.75. The van der Waals surface area contributed by atoms with E-state index in [0.29, 0.717) is 0 Å². The van der Waals surface area contributed by atoms with Gasteiger partial charge < -0.3 is 14.8 Å². The highest BCUT2D eigenvalue weighted by atomic mass is 16.7. The normalized spacial score (nSPS) is 10.0. The van der Waals surface area contributed by atoms with Crippen molar-refractivity contribution in [1.29, 1.82) is 0 Å². The van der Waals surface area contributed by atoms with Crippen LogP contribution in [0, 0.1) is 0 Å². The van der Waals surface area contributed by atoms with Gasteiger partial charge in [0.05, 0.1) is 6.42 Å². The van der Waals surface area contributed by atoms with Crippen molar-refractivity contribution in [3.63, 3.8) is 0 Å². The number of amides is 1. The molecule has 0 radical (unpaired) electrons. The molecule has 1 N–H and O–H groups in total. The molecule has 60 valence electrons. The zero-order valence-corrected chi connectivity index (χ0v) is 6.51. The molecule has 0 saturated heterocycles. The molecule has 0 rings (SSSR count).